The first kappa shape index (κ1) is 14.9. The van der Waals surface area contributed by atoms with Crippen LogP contribution in [0.4, 0.5) is 0 Å². The highest BCUT2D eigenvalue weighted by molar-refractivity contribution is 7.99. The van der Waals surface area contributed by atoms with Gasteiger partial charge in [0, 0.05) is 4.90 Å². The fourth-order valence-electron chi connectivity index (χ4n) is 1.69. The summed E-state index contributed by atoms with van der Waals surface area (Å²) in [6.45, 7) is 7.19. The van der Waals surface area contributed by atoms with Crippen LogP contribution in [0.5, 0.6) is 5.75 Å². The van der Waals surface area contributed by atoms with E-state index < -0.39 is 0 Å². The summed E-state index contributed by atoms with van der Waals surface area (Å²) in [4.78, 5) is 1.02. The highest BCUT2D eigenvalue weighted by atomic mass is 32.2. The maximum atomic E-state index is 9.23. The molecule has 0 aliphatic heterocycles. The molecule has 98 valence electrons. The van der Waals surface area contributed by atoms with Gasteiger partial charge < -0.3 is 4.74 Å². The zero-order chi connectivity index (χ0) is 13.4. The van der Waals surface area contributed by atoms with Crippen molar-refractivity contribution in [2.24, 2.45) is 5.92 Å². The standard InChI is InChI=1S/C15H21NOS/c1-4-18-15-9-5-8-14(13(15)11-16)17-10-6-7-12(2)3/h5,8-9,12H,4,6-7,10H2,1-3H3. The number of benzene rings is 1. The zero-order valence-electron chi connectivity index (χ0n) is 11.4. The molecule has 0 heterocycles. The van der Waals surface area contributed by atoms with Gasteiger partial charge in [-0.15, -0.1) is 11.8 Å². The molecule has 0 aromatic heterocycles. The average molecular weight is 263 g/mol. The Morgan fingerprint density at radius 1 is 1.39 bits per heavy atom. The van der Waals surface area contributed by atoms with Crippen molar-refractivity contribution in [2.75, 3.05) is 12.4 Å². The van der Waals surface area contributed by atoms with Crippen LogP contribution in [0.15, 0.2) is 23.1 Å². The van der Waals surface area contributed by atoms with Gasteiger partial charge >= 0.3 is 0 Å². The van der Waals surface area contributed by atoms with Crippen LogP contribution in [0.25, 0.3) is 0 Å². The molecule has 2 nitrogen and oxygen atoms in total. The topological polar surface area (TPSA) is 33.0 Å². The third-order valence-corrected chi connectivity index (χ3v) is 3.52. The number of nitrogens with zero attached hydrogens (tertiary/aromatic N) is 1. The van der Waals surface area contributed by atoms with E-state index in [2.05, 4.69) is 26.8 Å². The molecule has 0 saturated heterocycles. The van der Waals surface area contributed by atoms with E-state index in [-0.39, 0.29) is 0 Å². The highest BCUT2D eigenvalue weighted by Crippen LogP contribution is 2.29. The Labute approximate surface area is 114 Å². The van der Waals surface area contributed by atoms with Crippen LogP contribution in [0.1, 0.15) is 39.2 Å². The van der Waals surface area contributed by atoms with Crippen LogP contribution >= 0.6 is 11.8 Å². The lowest BCUT2D eigenvalue weighted by molar-refractivity contribution is 0.296. The number of hydrogen-bond donors (Lipinski definition) is 0. The van der Waals surface area contributed by atoms with Crippen LogP contribution in [0, 0.1) is 17.2 Å². The van der Waals surface area contributed by atoms with Gasteiger partial charge in [-0.05, 0) is 36.6 Å². The van der Waals surface area contributed by atoms with Crippen molar-refractivity contribution < 1.29 is 4.74 Å². The molecule has 0 bridgehead atoms. The largest absolute Gasteiger partial charge is 0.492 e. The molecule has 0 aliphatic carbocycles. The molecular formula is C15H21NOS. The predicted octanol–water partition coefficient (Wildman–Crippen LogP) is 4.49. The average Bonchev–Trinajstić information content (AvgIpc) is 2.35. The van der Waals surface area contributed by atoms with Crippen LogP contribution in [-0.4, -0.2) is 12.4 Å². The summed E-state index contributed by atoms with van der Waals surface area (Å²) in [5.41, 5.74) is 0.675. The van der Waals surface area contributed by atoms with Gasteiger partial charge in [-0.2, -0.15) is 5.26 Å². The fraction of sp³-hybridized carbons (Fsp3) is 0.533. The third kappa shape index (κ3) is 4.62. The molecule has 1 aromatic carbocycles. The summed E-state index contributed by atoms with van der Waals surface area (Å²) in [6.07, 6.45) is 2.19. The molecule has 0 spiro atoms. The molecule has 0 aliphatic rings. The maximum absolute atomic E-state index is 9.23. The lowest BCUT2D eigenvalue weighted by atomic mass is 10.1. The molecule has 1 rings (SSSR count). The number of nitriles is 1. The first-order valence-corrected chi connectivity index (χ1v) is 7.46. The van der Waals surface area contributed by atoms with E-state index in [9.17, 15) is 5.26 Å². The number of thioether (sulfide) groups is 1. The van der Waals surface area contributed by atoms with E-state index in [0.29, 0.717) is 18.1 Å². The lowest BCUT2D eigenvalue weighted by Crippen LogP contribution is -2.01. The molecule has 18 heavy (non-hydrogen) atoms. The molecule has 0 amide bonds. The molecule has 0 unspecified atom stereocenters. The second-order valence-corrected chi connectivity index (χ2v) is 5.86. The lowest BCUT2D eigenvalue weighted by Gasteiger charge is -2.11. The van der Waals surface area contributed by atoms with E-state index in [1.54, 1.807) is 11.8 Å². The predicted molar refractivity (Wildman–Crippen MR) is 77.1 cm³/mol. The zero-order valence-corrected chi connectivity index (χ0v) is 12.2. The molecule has 1 aromatic rings. The van der Waals surface area contributed by atoms with Crippen LogP contribution in [0.2, 0.25) is 0 Å². The Hall–Kier alpha value is -1.14. The summed E-state index contributed by atoms with van der Waals surface area (Å²) in [5.74, 6) is 2.39. The van der Waals surface area contributed by atoms with Crippen molar-refractivity contribution in [3.8, 4) is 11.8 Å². The molecule has 0 N–H and O–H groups in total. The van der Waals surface area contributed by atoms with Crippen molar-refractivity contribution in [2.45, 2.75) is 38.5 Å². The summed E-state index contributed by atoms with van der Waals surface area (Å²) in [6, 6.07) is 8.07. The Kier molecular flexibility index (Phi) is 6.67. The van der Waals surface area contributed by atoms with Crippen LogP contribution in [-0.2, 0) is 0 Å². The minimum Gasteiger partial charge on any atom is -0.492 e. The number of hydrogen-bond acceptors (Lipinski definition) is 3. The van der Waals surface area contributed by atoms with E-state index in [4.69, 9.17) is 4.74 Å². The number of ether oxygens (including phenoxy) is 1. The molecule has 0 atom stereocenters. The minimum atomic E-state index is 0.675. The smallest absolute Gasteiger partial charge is 0.138 e. The Morgan fingerprint density at radius 2 is 2.17 bits per heavy atom. The fourth-order valence-corrected chi connectivity index (χ4v) is 2.47. The summed E-state index contributed by atoms with van der Waals surface area (Å²) >= 11 is 1.68. The molecular weight excluding hydrogens is 242 g/mol. The van der Waals surface area contributed by atoms with Crippen molar-refractivity contribution in [3.05, 3.63) is 23.8 Å². The van der Waals surface area contributed by atoms with Gasteiger partial charge in [0.25, 0.3) is 0 Å². The summed E-state index contributed by atoms with van der Waals surface area (Å²) < 4.78 is 5.73. The van der Waals surface area contributed by atoms with Crippen molar-refractivity contribution >= 4 is 11.8 Å². The molecule has 0 fully saturated rings. The molecule has 0 saturated carbocycles. The van der Waals surface area contributed by atoms with Gasteiger partial charge in [0.2, 0.25) is 0 Å². The quantitative estimate of drug-likeness (QED) is 0.537. The monoisotopic (exact) mass is 263 g/mol. The third-order valence-electron chi connectivity index (χ3n) is 2.58. The second-order valence-electron chi connectivity index (χ2n) is 4.56. The first-order valence-electron chi connectivity index (χ1n) is 6.47. The van der Waals surface area contributed by atoms with Gasteiger partial charge in [0.1, 0.15) is 17.4 Å². The first-order chi connectivity index (χ1) is 8.69. The van der Waals surface area contributed by atoms with Gasteiger partial charge in [-0.25, -0.2) is 0 Å². The van der Waals surface area contributed by atoms with Crippen LogP contribution < -0.4 is 4.74 Å². The van der Waals surface area contributed by atoms with Crippen LogP contribution in [0.3, 0.4) is 0 Å². The molecule has 0 radical (unpaired) electrons. The second kappa shape index (κ2) is 8.05. The Bertz CT molecular complexity index is 409. The van der Waals surface area contributed by atoms with E-state index in [1.807, 2.05) is 18.2 Å². The summed E-state index contributed by atoms with van der Waals surface area (Å²) in [7, 11) is 0. The van der Waals surface area contributed by atoms with Crippen molar-refractivity contribution in [1.82, 2.24) is 0 Å². The Morgan fingerprint density at radius 3 is 2.78 bits per heavy atom. The normalized spacial score (nSPS) is 10.4. The van der Waals surface area contributed by atoms with Gasteiger partial charge in [-0.3, -0.25) is 0 Å². The van der Waals surface area contributed by atoms with Gasteiger partial charge in [0.05, 0.1) is 6.61 Å². The van der Waals surface area contributed by atoms with E-state index >= 15 is 0 Å². The van der Waals surface area contributed by atoms with Crippen molar-refractivity contribution in [3.63, 3.8) is 0 Å². The van der Waals surface area contributed by atoms with E-state index in [1.165, 1.54) is 0 Å². The maximum Gasteiger partial charge on any atom is 0.138 e. The Balaban J connectivity index is 2.65. The SMILES string of the molecule is CCSc1cccc(OCCCC(C)C)c1C#N. The minimum absolute atomic E-state index is 0.675. The van der Waals surface area contributed by atoms with E-state index in [0.717, 1.165) is 29.2 Å². The van der Waals surface area contributed by atoms with Gasteiger partial charge in [-0.1, -0.05) is 26.8 Å². The van der Waals surface area contributed by atoms with Crippen molar-refractivity contribution in [1.29, 1.82) is 5.26 Å². The summed E-state index contributed by atoms with van der Waals surface area (Å²) in [5, 5.41) is 9.23. The highest BCUT2D eigenvalue weighted by Gasteiger charge is 2.09. The van der Waals surface area contributed by atoms with Gasteiger partial charge in [0.15, 0.2) is 0 Å². The molecule has 3 heteroatoms. The number of rotatable bonds is 7.